The van der Waals surface area contributed by atoms with Crippen LogP contribution < -0.4 is 0 Å². The van der Waals surface area contributed by atoms with Crippen molar-refractivity contribution in [1.82, 2.24) is 0 Å². The molecule has 1 aromatic carbocycles. The summed E-state index contributed by atoms with van der Waals surface area (Å²) in [5, 5.41) is 0. The van der Waals surface area contributed by atoms with Crippen LogP contribution in [0.4, 0.5) is 0 Å². The lowest BCUT2D eigenvalue weighted by molar-refractivity contribution is -0.125. The van der Waals surface area contributed by atoms with Gasteiger partial charge in [0.2, 0.25) is 0 Å². The van der Waals surface area contributed by atoms with E-state index >= 15 is 0 Å². The molecule has 1 saturated carbocycles. The zero-order valence-corrected chi connectivity index (χ0v) is 9.10. The molecule has 1 aliphatic rings. The van der Waals surface area contributed by atoms with Crippen molar-refractivity contribution < 1.29 is 4.79 Å². The molecule has 0 saturated heterocycles. The highest BCUT2D eigenvalue weighted by Gasteiger charge is 2.30. The maximum absolute atomic E-state index is 11.3. The number of hydrogen-bond donors (Lipinski definition) is 0. The summed E-state index contributed by atoms with van der Waals surface area (Å²) >= 11 is 3.43. The number of halogens is 1. The minimum absolute atomic E-state index is 0.178. The van der Waals surface area contributed by atoms with Gasteiger partial charge in [0.25, 0.3) is 0 Å². The maximum Gasteiger partial charge on any atom is 0.140 e. The lowest BCUT2D eigenvalue weighted by Crippen LogP contribution is -2.23. The number of carbonyl (C=O) groups excluding carboxylic acids is 1. The monoisotopic (exact) mass is 238 g/mol. The zero-order chi connectivity index (χ0) is 9.42. The molecular formula is C11H11BrO. The molecule has 0 amide bonds. The number of ketones is 1. The third kappa shape index (κ3) is 1.55. The Bertz CT molecular complexity index is 357. The van der Waals surface area contributed by atoms with Gasteiger partial charge in [-0.25, -0.2) is 0 Å². The van der Waals surface area contributed by atoms with Crippen molar-refractivity contribution in [2.75, 3.05) is 0 Å². The summed E-state index contributed by atoms with van der Waals surface area (Å²) < 4.78 is 1.06. The Morgan fingerprint density at radius 1 is 1.46 bits per heavy atom. The Morgan fingerprint density at radius 3 is 2.77 bits per heavy atom. The van der Waals surface area contributed by atoms with Gasteiger partial charge >= 0.3 is 0 Å². The number of Topliss-reactive ketones (excluding diaryl/α,β-unsaturated/α-hetero) is 1. The summed E-state index contributed by atoms with van der Waals surface area (Å²) in [6.45, 7) is 2.06. The SMILES string of the molecule is Cc1ccc(Br)cc1C1CCC1=O. The topological polar surface area (TPSA) is 17.1 Å². The number of hydrogen-bond acceptors (Lipinski definition) is 1. The van der Waals surface area contributed by atoms with Gasteiger partial charge in [-0.1, -0.05) is 22.0 Å². The van der Waals surface area contributed by atoms with Crippen LogP contribution in [-0.2, 0) is 4.79 Å². The van der Waals surface area contributed by atoms with E-state index in [-0.39, 0.29) is 5.92 Å². The van der Waals surface area contributed by atoms with E-state index in [0.29, 0.717) is 5.78 Å². The molecule has 0 bridgehead atoms. The number of aryl methyl sites for hydroxylation is 1. The van der Waals surface area contributed by atoms with Crippen LogP contribution >= 0.6 is 15.9 Å². The van der Waals surface area contributed by atoms with Crippen LogP contribution in [0.2, 0.25) is 0 Å². The predicted octanol–water partition coefficient (Wildman–Crippen LogP) is 3.20. The highest BCUT2D eigenvalue weighted by atomic mass is 79.9. The molecule has 1 atom stereocenters. The fourth-order valence-corrected chi connectivity index (χ4v) is 2.10. The molecule has 0 aliphatic heterocycles. The minimum Gasteiger partial charge on any atom is -0.299 e. The van der Waals surface area contributed by atoms with Crippen molar-refractivity contribution >= 4 is 21.7 Å². The van der Waals surface area contributed by atoms with Crippen LogP contribution in [0.1, 0.15) is 29.9 Å². The fraction of sp³-hybridized carbons (Fsp3) is 0.364. The average Bonchev–Trinajstić information content (AvgIpc) is 2.09. The molecule has 0 aromatic heterocycles. The number of carbonyl (C=O) groups is 1. The van der Waals surface area contributed by atoms with Crippen molar-refractivity contribution in [3.63, 3.8) is 0 Å². The van der Waals surface area contributed by atoms with Crippen LogP contribution in [0.3, 0.4) is 0 Å². The normalized spacial score (nSPS) is 21.4. The first-order chi connectivity index (χ1) is 6.18. The molecule has 68 valence electrons. The van der Waals surface area contributed by atoms with Crippen molar-refractivity contribution in [3.8, 4) is 0 Å². The van der Waals surface area contributed by atoms with Crippen LogP contribution in [0.15, 0.2) is 22.7 Å². The maximum atomic E-state index is 11.3. The summed E-state index contributed by atoms with van der Waals surface area (Å²) in [5.41, 5.74) is 2.42. The molecule has 0 radical (unpaired) electrons. The Balaban J connectivity index is 2.38. The molecule has 0 N–H and O–H groups in total. The van der Waals surface area contributed by atoms with Crippen molar-refractivity contribution in [3.05, 3.63) is 33.8 Å². The van der Waals surface area contributed by atoms with Crippen LogP contribution in [0.25, 0.3) is 0 Å². The summed E-state index contributed by atoms with van der Waals surface area (Å²) in [5.74, 6) is 0.568. The van der Waals surface area contributed by atoms with E-state index in [0.717, 1.165) is 17.3 Å². The van der Waals surface area contributed by atoms with Gasteiger partial charge in [0, 0.05) is 16.8 Å². The average molecular weight is 239 g/mol. The van der Waals surface area contributed by atoms with Gasteiger partial charge in [-0.05, 0) is 36.6 Å². The van der Waals surface area contributed by atoms with E-state index in [1.807, 2.05) is 6.07 Å². The summed E-state index contributed by atoms with van der Waals surface area (Å²) in [7, 11) is 0. The summed E-state index contributed by atoms with van der Waals surface area (Å²) in [6.07, 6.45) is 1.78. The first-order valence-corrected chi connectivity index (χ1v) is 5.26. The molecule has 1 aliphatic carbocycles. The van der Waals surface area contributed by atoms with Crippen LogP contribution in [0.5, 0.6) is 0 Å². The second-order valence-corrected chi connectivity index (χ2v) is 4.47. The summed E-state index contributed by atoms with van der Waals surface area (Å²) in [6, 6.07) is 6.14. The second-order valence-electron chi connectivity index (χ2n) is 3.56. The zero-order valence-electron chi connectivity index (χ0n) is 7.51. The molecule has 1 nitrogen and oxygen atoms in total. The lowest BCUT2D eigenvalue weighted by atomic mass is 9.77. The minimum atomic E-state index is 0.178. The molecule has 1 unspecified atom stereocenters. The van der Waals surface area contributed by atoms with E-state index in [9.17, 15) is 4.79 Å². The first kappa shape index (κ1) is 8.95. The Morgan fingerprint density at radius 2 is 2.23 bits per heavy atom. The van der Waals surface area contributed by atoms with E-state index < -0.39 is 0 Å². The van der Waals surface area contributed by atoms with Gasteiger partial charge in [0.1, 0.15) is 5.78 Å². The standard InChI is InChI=1S/C11H11BrO/c1-7-2-3-8(12)6-10(7)9-4-5-11(9)13/h2-3,6,9H,4-5H2,1H3. The molecule has 2 heteroatoms. The molecule has 0 spiro atoms. The highest BCUT2D eigenvalue weighted by Crippen LogP contribution is 2.35. The Labute approximate surface area is 86.3 Å². The van der Waals surface area contributed by atoms with Gasteiger partial charge in [0.05, 0.1) is 0 Å². The van der Waals surface area contributed by atoms with Gasteiger partial charge in [-0.3, -0.25) is 4.79 Å². The van der Waals surface area contributed by atoms with Gasteiger partial charge in [-0.2, -0.15) is 0 Å². The Hall–Kier alpha value is -0.630. The number of rotatable bonds is 1. The molecule has 1 aromatic rings. The second kappa shape index (κ2) is 3.26. The van der Waals surface area contributed by atoms with E-state index in [4.69, 9.17) is 0 Å². The van der Waals surface area contributed by atoms with E-state index in [1.54, 1.807) is 0 Å². The molecule has 13 heavy (non-hydrogen) atoms. The van der Waals surface area contributed by atoms with Gasteiger partial charge < -0.3 is 0 Å². The molecule has 2 rings (SSSR count). The highest BCUT2D eigenvalue weighted by molar-refractivity contribution is 9.10. The van der Waals surface area contributed by atoms with Gasteiger partial charge in [-0.15, -0.1) is 0 Å². The predicted molar refractivity (Wildman–Crippen MR) is 55.9 cm³/mol. The molecule has 0 heterocycles. The molecular weight excluding hydrogens is 228 g/mol. The van der Waals surface area contributed by atoms with Crippen LogP contribution in [0, 0.1) is 6.92 Å². The van der Waals surface area contributed by atoms with E-state index in [2.05, 4.69) is 35.0 Å². The lowest BCUT2D eigenvalue weighted by Gasteiger charge is -2.25. The number of benzene rings is 1. The van der Waals surface area contributed by atoms with Crippen molar-refractivity contribution in [2.24, 2.45) is 0 Å². The quantitative estimate of drug-likeness (QED) is 0.735. The first-order valence-electron chi connectivity index (χ1n) is 4.47. The van der Waals surface area contributed by atoms with E-state index in [1.165, 1.54) is 11.1 Å². The van der Waals surface area contributed by atoms with Crippen LogP contribution in [-0.4, -0.2) is 5.78 Å². The third-order valence-corrected chi connectivity index (χ3v) is 3.18. The largest absolute Gasteiger partial charge is 0.299 e. The van der Waals surface area contributed by atoms with Crippen molar-refractivity contribution in [2.45, 2.75) is 25.7 Å². The molecule has 1 fully saturated rings. The van der Waals surface area contributed by atoms with Crippen molar-refractivity contribution in [1.29, 1.82) is 0 Å². The van der Waals surface area contributed by atoms with Gasteiger partial charge in [0.15, 0.2) is 0 Å². The fourth-order valence-electron chi connectivity index (χ4n) is 1.72. The third-order valence-electron chi connectivity index (χ3n) is 2.68. The summed E-state index contributed by atoms with van der Waals surface area (Å²) in [4.78, 5) is 11.3. The Kier molecular flexibility index (Phi) is 2.24. The smallest absolute Gasteiger partial charge is 0.140 e.